The summed E-state index contributed by atoms with van der Waals surface area (Å²) in [6, 6.07) is 55.0. The van der Waals surface area contributed by atoms with Crippen LogP contribution < -0.4 is 46.3 Å². The largest absolute Gasteiger partial charge is 3.00 e. The molecule has 9 rings (SSSR count). The Hall–Kier alpha value is -7.81. The zero-order valence-corrected chi connectivity index (χ0v) is 41.9. The average molecular weight is 1120 g/mol. The van der Waals surface area contributed by atoms with Gasteiger partial charge in [-0.1, -0.05) is 187 Å². The number of hydrazone groups is 3. The Morgan fingerprint density at radius 2 is 0.557 bits per heavy atom. The molecular formula is C54H54IrN9O6. The van der Waals surface area contributed by atoms with Gasteiger partial charge in [0.25, 0.3) is 0 Å². The van der Waals surface area contributed by atoms with Gasteiger partial charge >= 0.3 is 20.1 Å². The third-order valence-electron chi connectivity index (χ3n) is 11.7. The Morgan fingerprint density at radius 3 is 0.729 bits per heavy atom. The molecule has 6 aromatic carbocycles. The van der Waals surface area contributed by atoms with Gasteiger partial charge in [-0.25, -0.2) is 0 Å². The minimum atomic E-state index is -1.55. The van der Waals surface area contributed by atoms with Crippen molar-refractivity contribution in [2.45, 2.75) is 58.5 Å². The topological polar surface area (TPSA) is 203 Å². The first kappa shape index (κ1) is 51.6. The van der Waals surface area contributed by atoms with E-state index >= 15 is 0 Å². The van der Waals surface area contributed by atoms with E-state index in [0.717, 1.165) is 17.1 Å². The second-order valence-corrected chi connectivity index (χ2v) is 17.3. The molecule has 16 heteroatoms. The van der Waals surface area contributed by atoms with Crippen molar-refractivity contribution in [3.8, 4) is 0 Å². The molecule has 70 heavy (non-hydrogen) atoms. The number of hydrogen-bond acceptors (Lipinski definition) is 15. The van der Waals surface area contributed by atoms with Crippen molar-refractivity contribution in [3.63, 3.8) is 0 Å². The Kier molecular flexibility index (Phi) is 16.3. The maximum Gasteiger partial charge on any atom is 3.00 e. The van der Waals surface area contributed by atoms with Crippen molar-refractivity contribution in [2.24, 2.45) is 33.1 Å². The molecule has 0 amide bonds. The molecule has 3 N–H and O–H groups in total. The second kappa shape index (κ2) is 22.1. The van der Waals surface area contributed by atoms with E-state index in [2.05, 4.69) is 31.6 Å². The summed E-state index contributed by atoms with van der Waals surface area (Å²) < 4.78 is 0. The Bertz CT molecular complexity index is 2500. The Morgan fingerprint density at radius 1 is 0.371 bits per heavy atom. The number of carbonyl (C=O) groups is 3. The predicted molar refractivity (Wildman–Crippen MR) is 262 cm³/mol. The van der Waals surface area contributed by atoms with Crippen molar-refractivity contribution in [1.82, 2.24) is 16.3 Å². The molecule has 0 saturated carbocycles. The number of rotatable bonds is 12. The molecule has 3 unspecified atom stereocenters. The van der Waals surface area contributed by atoms with E-state index < -0.39 is 34.9 Å². The Balaban J connectivity index is 0.000000171. The van der Waals surface area contributed by atoms with Crippen LogP contribution in [-0.4, -0.2) is 35.4 Å². The third kappa shape index (κ3) is 9.60. The molecule has 0 aromatic heterocycles. The van der Waals surface area contributed by atoms with Crippen LogP contribution in [-0.2, 0) is 51.5 Å². The van der Waals surface area contributed by atoms with Crippen LogP contribution in [0.1, 0.15) is 58.2 Å². The number of carboxylic acid groups (broad SMARTS) is 3. The van der Waals surface area contributed by atoms with Gasteiger partial charge in [0.1, 0.15) is 17.5 Å². The fourth-order valence-electron chi connectivity index (χ4n) is 8.48. The van der Waals surface area contributed by atoms with Gasteiger partial charge in [0.05, 0.1) is 17.9 Å². The van der Waals surface area contributed by atoms with Crippen LogP contribution in [0.25, 0.3) is 0 Å². The number of nitrogens with one attached hydrogen (secondary N) is 3. The molecule has 3 aliphatic heterocycles. The zero-order chi connectivity index (χ0) is 49.3. The summed E-state index contributed by atoms with van der Waals surface area (Å²) >= 11 is 0. The van der Waals surface area contributed by atoms with Crippen LogP contribution in [0.4, 0.5) is 17.1 Å². The number of anilines is 3. The fourth-order valence-corrected chi connectivity index (χ4v) is 8.48. The molecule has 0 bridgehead atoms. The van der Waals surface area contributed by atoms with Gasteiger partial charge < -0.3 is 29.7 Å². The second-order valence-electron chi connectivity index (χ2n) is 17.3. The number of benzene rings is 6. The van der Waals surface area contributed by atoms with Crippen molar-refractivity contribution < 1.29 is 49.8 Å². The summed E-state index contributed by atoms with van der Waals surface area (Å²) in [6.45, 7) is 11.9. The summed E-state index contributed by atoms with van der Waals surface area (Å²) in [4.78, 5) is 41.7. The fraction of sp³-hybridized carbons (Fsp3) is 0.222. The van der Waals surface area contributed by atoms with E-state index in [9.17, 15) is 29.7 Å². The van der Waals surface area contributed by atoms with Gasteiger partial charge in [-0.05, 0) is 36.4 Å². The number of amidine groups is 3. The van der Waals surface area contributed by atoms with E-state index in [1.807, 2.05) is 151 Å². The maximum atomic E-state index is 12.2. The normalized spacial score (nSPS) is 20.0. The quantitative estimate of drug-likeness (QED) is 0.148. The Labute approximate surface area is 421 Å². The number of aliphatic carboxylic acids is 3. The maximum absolute atomic E-state index is 12.2. The molecule has 3 heterocycles. The van der Waals surface area contributed by atoms with Gasteiger partial charge in [0, 0.05) is 51.5 Å². The first-order valence-electron chi connectivity index (χ1n) is 22.6. The standard InChI is InChI=1S/3C18H19N3O2.Ir/c3*1-13(2)16-19-20-18(17(22)23,14-9-5-3-6-10-14)21(16)15-11-7-4-8-12-15;/h3*3-13,20H,1-2H3,(H,22,23);/q;;;+3/p-3. The van der Waals surface area contributed by atoms with Gasteiger partial charge in [-0.15, -0.1) is 0 Å². The van der Waals surface area contributed by atoms with Gasteiger partial charge in [0.2, 0.25) is 0 Å². The van der Waals surface area contributed by atoms with Crippen LogP contribution in [0, 0.1) is 17.8 Å². The molecule has 0 radical (unpaired) electrons. The first-order chi connectivity index (χ1) is 33.2. The summed E-state index contributed by atoms with van der Waals surface area (Å²) in [5.41, 5.74) is 7.75. The molecule has 3 atom stereocenters. The van der Waals surface area contributed by atoms with E-state index in [1.165, 1.54) is 0 Å². The number of nitrogens with zero attached hydrogens (tertiary/aromatic N) is 6. The van der Waals surface area contributed by atoms with Crippen LogP contribution in [0.5, 0.6) is 0 Å². The molecule has 0 spiro atoms. The monoisotopic (exact) mass is 1120 g/mol. The SMILES string of the molecule is CC(C)C1=NNC(C(=O)[O-])(c2ccccc2)N1c1ccccc1.CC(C)C1=NNC(C(=O)[O-])(c2ccccc2)N1c1ccccc1.CC(C)C1=NNC(C(=O)[O-])(c2ccccc2)N1c1ccccc1.[Ir+3]. The summed E-state index contributed by atoms with van der Waals surface area (Å²) in [6.07, 6.45) is 0. The minimum absolute atomic E-state index is 0. The van der Waals surface area contributed by atoms with E-state index in [0.29, 0.717) is 34.2 Å². The van der Waals surface area contributed by atoms with Crippen molar-refractivity contribution >= 4 is 52.5 Å². The average Bonchev–Trinajstić information content (AvgIpc) is 4.11. The summed E-state index contributed by atoms with van der Waals surface area (Å²) in [7, 11) is 0. The van der Waals surface area contributed by atoms with Crippen molar-refractivity contribution in [3.05, 3.63) is 199 Å². The third-order valence-corrected chi connectivity index (χ3v) is 11.7. The van der Waals surface area contributed by atoms with Crippen LogP contribution in [0.15, 0.2) is 197 Å². The number of hydrogen-bond donors (Lipinski definition) is 3. The predicted octanol–water partition coefficient (Wildman–Crippen LogP) is 5.00. The van der Waals surface area contributed by atoms with Crippen LogP contribution >= 0.6 is 0 Å². The van der Waals surface area contributed by atoms with E-state index in [1.54, 1.807) is 87.5 Å². The molecule has 0 saturated heterocycles. The molecule has 0 aliphatic carbocycles. The van der Waals surface area contributed by atoms with Gasteiger partial charge in [-0.3, -0.25) is 31.0 Å². The molecule has 6 aromatic rings. The van der Waals surface area contributed by atoms with Crippen LogP contribution in [0.2, 0.25) is 0 Å². The molecule has 3 aliphatic rings. The van der Waals surface area contributed by atoms with Crippen molar-refractivity contribution in [1.29, 1.82) is 0 Å². The molecule has 0 fully saturated rings. The molecule has 360 valence electrons. The molecule has 15 nitrogen and oxygen atoms in total. The number of carboxylic acids is 3. The molecular weight excluding hydrogens is 1060 g/mol. The van der Waals surface area contributed by atoms with Gasteiger partial charge in [-0.2, -0.15) is 15.3 Å². The minimum Gasteiger partial charge on any atom is -0.545 e. The van der Waals surface area contributed by atoms with E-state index in [-0.39, 0.29) is 37.9 Å². The first-order valence-corrected chi connectivity index (χ1v) is 22.6. The van der Waals surface area contributed by atoms with Gasteiger partial charge in [0.15, 0.2) is 17.0 Å². The number of carbonyl (C=O) groups excluding carboxylic acids is 3. The van der Waals surface area contributed by atoms with Crippen LogP contribution in [0.3, 0.4) is 0 Å². The smallest absolute Gasteiger partial charge is 0.545 e. The van der Waals surface area contributed by atoms with E-state index in [4.69, 9.17) is 0 Å². The zero-order valence-electron chi connectivity index (χ0n) is 39.5. The summed E-state index contributed by atoms with van der Waals surface area (Å²) in [5, 5.41) is 49.5. The van der Waals surface area contributed by atoms with Crippen molar-refractivity contribution in [2.75, 3.05) is 14.7 Å². The summed E-state index contributed by atoms with van der Waals surface area (Å²) in [5.74, 6) is -1.61. The number of para-hydroxylation sites is 3.